The number of nitrogens with one attached hydrogen (secondary N) is 1. The molecule has 3 rings (SSSR count). The topological polar surface area (TPSA) is 49.4 Å². The first-order chi connectivity index (χ1) is 10.0. The molecule has 116 valence electrons. The van der Waals surface area contributed by atoms with Crippen LogP contribution in [0.1, 0.15) is 31.7 Å². The average Bonchev–Trinajstić information content (AvgIpc) is 3.07. The number of piperidine rings is 1. The van der Waals surface area contributed by atoms with Crippen molar-refractivity contribution in [2.45, 2.75) is 43.7 Å². The Balaban J connectivity index is 1.85. The van der Waals surface area contributed by atoms with Crippen LogP contribution in [0, 0.1) is 5.92 Å². The molecule has 21 heavy (non-hydrogen) atoms. The van der Waals surface area contributed by atoms with Crippen molar-refractivity contribution in [3.05, 3.63) is 28.2 Å². The zero-order valence-electron chi connectivity index (χ0n) is 12.2. The van der Waals surface area contributed by atoms with Crippen LogP contribution < -0.4 is 5.32 Å². The molecule has 1 saturated heterocycles. The van der Waals surface area contributed by atoms with Crippen LogP contribution in [0.15, 0.2) is 27.6 Å². The molecule has 2 unspecified atom stereocenters. The molecule has 4 nitrogen and oxygen atoms in total. The highest BCUT2D eigenvalue weighted by Crippen LogP contribution is 2.41. The van der Waals surface area contributed by atoms with Crippen molar-refractivity contribution in [2.75, 3.05) is 13.1 Å². The van der Waals surface area contributed by atoms with Gasteiger partial charge in [-0.15, -0.1) is 0 Å². The van der Waals surface area contributed by atoms with Crippen LogP contribution in [0.25, 0.3) is 0 Å². The third kappa shape index (κ3) is 2.91. The normalized spacial score (nSPS) is 25.6. The van der Waals surface area contributed by atoms with E-state index in [1.54, 1.807) is 10.4 Å². The zero-order valence-corrected chi connectivity index (χ0v) is 14.6. The van der Waals surface area contributed by atoms with Gasteiger partial charge in [0.1, 0.15) is 0 Å². The van der Waals surface area contributed by atoms with E-state index in [2.05, 4.69) is 28.2 Å². The molecule has 2 aliphatic rings. The van der Waals surface area contributed by atoms with E-state index >= 15 is 0 Å². The van der Waals surface area contributed by atoms with Gasteiger partial charge in [-0.3, -0.25) is 0 Å². The van der Waals surface area contributed by atoms with Gasteiger partial charge in [-0.05, 0) is 65.4 Å². The molecule has 0 spiro atoms. The number of hydrogen-bond donors (Lipinski definition) is 1. The molecule has 6 heteroatoms. The summed E-state index contributed by atoms with van der Waals surface area (Å²) >= 11 is 3.44. The lowest BCUT2D eigenvalue weighted by atomic mass is 10.1. The highest BCUT2D eigenvalue weighted by Gasteiger charge is 2.44. The van der Waals surface area contributed by atoms with Crippen LogP contribution in [0.3, 0.4) is 0 Å². The highest BCUT2D eigenvalue weighted by molar-refractivity contribution is 9.10. The Morgan fingerprint density at radius 2 is 2.19 bits per heavy atom. The van der Waals surface area contributed by atoms with Crippen LogP contribution in [0.5, 0.6) is 0 Å². The summed E-state index contributed by atoms with van der Waals surface area (Å²) in [4.78, 5) is 0.398. The molecule has 2 bridgehead atoms. The summed E-state index contributed by atoms with van der Waals surface area (Å²) in [6.07, 6.45) is 3.23. The second-order valence-corrected chi connectivity index (χ2v) is 8.67. The lowest BCUT2D eigenvalue weighted by Gasteiger charge is -2.26. The third-order valence-electron chi connectivity index (χ3n) is 4.52. The van der Waals surface area contributed by atoms with Crippen LogP contribution in [-0.4, -0.2) is 31.9 Å². The molecular weight excluding hydrogens is 352 g/mol. The van der Waals surface area contributed by atoms with E-state index in [4.69, 9.17) is 0 Å². The molecule has 1 aliphatic carbocycles. The van der Waals surface area contributed by atoms with Crippen LogP contribution >= 0.6 is 15.9 Å². The number of benzene rings is 1. The van der Waals surface area contributed by atoms with Gasteiger partial charge in [0.05, 0.1) is 4.90 Å². The monoisotopic (exact) mass is 372 g/mol. The van der Waals surface area contributed by atoms with Gasteiger partial charge in [0, 0.05) is 23.6 Å². The van der Waals surface area contributed by atoms with Crippen molar-refractivity contribution in [3.63, 3.8) is 0 Å². The fourth-order valence-electron chi connectivity index (χ4n) is 3.43. The molecule has 1 aromatic carbocycles. The molecule has 1 N–H and O–H groups in total. The van der Waals surface area contributed by atoms with E-state index in [0.717, 1.165) is 31.5 Å². The van der Waals surface area contributed by atoms with Gasteiger partial charge in [-0.25, -0.2) is 8.42 Å². The molecule has 1 saturated carbocycles. The number of rotatable bonds is 5. The first-order valence-corrected chi connectivity index (χ1v) is 9.76. The first-order valence-electron chi connectivity index (χ1n) is 7.53. The summed E-state index contributed by atoms with van der Waals surface area (Å²) in [5.41, 5.74) is 1.09. The molecule has 1 heterocycles. The largest absolute Gasteiger partial charge is 0.313 e. The number of hydrogen-bond acceptors (Lipinski definition) is 3. The van der Waals surface area contributed by atoms with Crippen LogP contribution in [-0.2, 0) is 16.6 Å². The van der Waals surface area contributed by atoms with E-state index in [1.807, 2.05) is 12.1 Å². The number of nitrogens with zero attached hydrogens (tertiary/aromatic N) is 1. The van der Waals surface area contributed by atoms with E-state index in [-0.39, 0.29) is 6.04 Å². The Hall–Kier alpha value is -0.430. The summed E-state index contributed by atoms with van der Waals surface area (Å²) in [6, 6.07) is 5.75. The van der Waals surface area contributed by atoms with Crippen LogP contribution in [0.4, 0.5) is 0 Å². The summed E-state index contributed by atoms with van der Waals surface area (Å²) in [6.45, 7) is 4.40. The number of fused-ring (bicyclic) bond motifs is 2. The Bertz CT molecular complexity index is 633. The van der Waals surface area contributed by atoms with Gasteiger partial charge >= 0.3 is 0 Å². The third-order valence-corrected chi connectivity index (χ3v) is 7.42. The number of halogens is 1. The van der Waals surface area contributed by atoms with Gasteiger partial charge in [-0.1, -0.05) is 13.0 Å². The minimum Gasteiger partial charge on any atom is -0.313 e. The van der Waals surface area contributed by atoms with Gasteiger partial charge in [0.25, 0.3) is 0 Å². The van der Waals surface area contributed by atoms with Crippen molar-refractivity contribution in [2.24, 2.45) is 5.92 Å². The Morgan fingerprint density at radius 3 is 2.76 bits per heavy atom. The SMILES string of the molecule is CCNCc1ccc(S(=O)(=O)N2CC3CCC2C3)c(Br)c1. The van der Waals surface area contributed by atoms with Crippen molar-refractivity contribution in [1.82, 2.24) is 9.62 Å². The van der Waals surface area contributed by atoms with Gasteiger partial charge in [0.2, 0.25) is 10.0 Å². The second kappa shape index (κ2) is 5.99. The maximum Gasteiger partial charge on any atom is 0.244 e. The molecule has 0 amide bonds. The van der Waals surface area contributed by atoms with Gasteiger partial charge in [0.15, 0.2) is 0 Å². The van der Waals surface area contributed by atoms with Gasteiger partial charge in [-0.2, -0.15) is 4.31 Å². The standard InChI is InChI=1S/C15H21BrN2O2S/c1-2-17-9-11-4-6-15(14(16)8-11)21(19,20)18-10-12-3-5-13(18)7-12/h4,6,8,12-13,17H,2-3,5,7,9-10H2,1H3. The van der Waals surface area contributed by atoms with Crippen molar-refractivity contribution < 1.29 is 8.42 Å². The Morgan fingerprint density at radius 1 is 1.38 bits per heavy atom. The second-order valence-electron chi connectivity index (χ2n) is 5.95. The maximum atomic E-state index is 12.9. The summed E-state index contributed by atoms with van der Waals surface area (Å²) in [5, 5.41) is 3.25. The molecule has 1 aliphatic heterocycles. The Labute approximate surface area is 135 Å². The lowest BCUT2D eigenvalue weighted by molar-refractivity contribution is 0.333. The zero-order chi connectivity index (χ0) is 15.0. The van der Waals surface area contributed by atoms with E-state index in [9.17, 15) is 8.42 Å². The minimum atomic E-state index is -3.37. The van der Waals surface area contributed by atoms with E-state index in [0.29, 0.717) is 21.8 Å². The fraction of sp³-hybridized carbons (Fsp3) is 0.600. The summed E-state index contributed by atoms with van der Waals surface area (Å²) < 4.78 is 28.1. The highest BCUT2D eigenvalue weighted by atomic mass is 79.9. The predicted octanol–water partition coefficient (Wildman–Crippen LogP) is 2.73. The smallest absolute Gasteiger partial charge is 0.244 e. The van der Waals surface area contributed by atoms with Gasteiger partial charge < -0.3 is 5.32 Å². The van der Waals surface area contributed by atoms with Crippen molar-refractivity contribution >= 4 is 26.0 Å². The van der Waals surface area contributed by atoms with Crippen molar-refractivity contribution in [1.29, 1.82) is 0 Å². The van der Waals surface area contributed by atoms with E-state index < -0.39 is 10.0 Å². The Kier molecular flexibility index (Phi) is 4.41. The molecule has 1 aromatic rings. The lowest BCUT2D eigenvalue weighted by Crippen LogP contribution is -2.37. The predicted molar refractivity (Wildman–Crippen MR) is 86.5 cm³/mol. The summed E-state index contributed by atoms with van der Waals surface area (Å²) in [5.74, 6) is 0.566. The first kappa shape index (κ1) is 15.5. The molecular formula is C15H21BrN2O2S. The molecule has 0 radical (unpaired) electrons. The molecule has 0 aromatic heterocycles. The van der Waals surface area contributed by atoms with Crippen LogP contribution in [0.2, 0.25) is 0 Å². The fourth-order valence-corrected chi connectivity index (χ4v) is 6.26. The van der Waals surface area contributed by atoms with Crippen molar-refractivity contribution in [3.8, 4) is 0 Å². The summed E-state index contributed by atoms with van der Waals surface area (Å²) in [7, 11) is -3.37. The molecule has 2 fully saturated rings. The average molecular weight is 373 g/mol. The quantitative estimate of drug-likeness (QED) is 0.864. The van der Waals surface area contributed by atoms with E-state index in [1.165, 1.54) is 6.42 Å². The molecule has 2 atom stereocenters. The minimum absolute atomic E-state index is 0.216. The number of sulfonamides is 1. The maximum absolute atomic E-state index is 12.9.